The molecular weight excluding hydrogens is 294 g/mol. The standard InChI is InChI=1S/C13H16BrN3O/c1-2-3-17-9-16-8-12(17)13(18)5-10-4-11(14)7-15-6-10/h4,6-9,13,18H,2-3,5H2,1H3. The molecule has 0 aliphatic rings. The molecule has 1 atom stereocenters. The number of nitrogens with zero attached hydrogens (tertiary/aromatic N) is 3. The molecule has 0 bridgehead atoms. The van der Waals surface area contributed by atoms with Gasteiger partial charge in [0.1, 0.15) is 0 Å². The maximum absolute atomic E-state index is 10.3. The van der Waals surface area contributed by atoms with Crippen LogP contribution in [0.25, 0.3) is 0 Å². The van der Waals surface area contributed by atoms with Crippen molar-refractivity contribution in [2.75, 3.05) is 0 Å². The number of hydrogen-bond acceptors (Lipinski definition) is 3. The summed E-state index contributed by atoms with van der Waals surface area (Å²) in [5.74, 6) is 0. The number of aromatic nitrogens is 3. The van der Waals surface area contributed by atoms with Crippen molar-refractivity contribution in [3.8, 4) is 0 Å². The van der Waals surface area contributed by atoms with Gasteiger partial charge < -0.3 is 9.67 Å². The number of aliphatic hydroxyl groups excluding tert-OH is 1. The number of aliphatic hydroxyl groups is 1. The first kappa shape index (κ1) is 13.2. The van der Waals surface area contributed by atoms with Gasteiger partial charge in [-0.15, -0.1) is 0 Å². The quantitative estimate of drug-likeness (QED) is 0.924. The maximum atomic E-state index is 10.3. The van der Waals surface area contributed by atoms with Gasteiger partial charge in [-0.2, -0.15) is 0 Å². The third kappa shape index (κ3) is 3.17. The van der Waals surface area contributed by atoms with Gasteiger partial charge in [0, 0.05) is 29.8 Å². The predicted octanol–water partition coefficient (Wildman–Crippen LogP) is 2.73. The summed E-state index contributed by atoms with van der Waals surface area (Å²) in [4.78, 5) is 8.20. The number of aryl methyl sites for hydroxylation is 1. The monoisotopic (exact) mass is 309 g/mol. The van der Waals surface area contributed by atoms with Crippen molar-refractivity contribution in [1.82, 2.24) is 14.5 Å². The van der Waals surface area contributed by atoms with Crippen molar-refractivity contribution in [3.05, 3.63) is 46.7 Å². The molecule has 0 spiro atoms. The van der Waals surface area contributed by atoms with E-state index in [-0.39, 0.29) is 0 Å². The zero-order valence-electron chi connectivity index (χ0n) is 10.3. The SMILES string of the molecule is CCCn1cncc1C(O)Cc1cncc(Br)c1. The highest BCUT2D eigenvalue weighted by Gasteiger charge is 2.13. The van der Waals surface area contributed by atoms with Gasteiger partial charge in [0.05, 0.1) is 24.3 Å². The van der Waals surface area contributed by atoms with E-state index < -0.39 is 6.10 Å². The number of halogens is 1. The Morgan fingerprint density at radius 3 is 2.89 bits per heavy atom. The fraction of sp³-hybridized carbons (Fsp3) is 0.385. The smallest absolute Gasteiger partial charge is 0.0996 e. The van der Waals surface area contributed by atoms with Gasteiger partial charge in [-0.3, -0.25) is 4.98 Å². The zero-order chi connectivity index (χ0) is 13.0. The molecule has 4 nitrogen and oxygen atoms in total. The van der Waals surface area contributed by atoms with Crippen molar-refractivity contribution in [2.45, 2.75) is 32.4 Å². The minimum absolute atomic E-state index is 0.543. The minimum atomic E-state index is -0.546. The summed E-state index contributed by atoms with van der Waals surface area (Å²) in [5.41, 5.74) is 1.86. The first-order valence-electron chi connectivity index (χ1n) is 5.98. The Kier molecular flexibility index (Phi) is 4.49. The molecule has 0 aliphatic heterocycles. The molecule has 1 unspecified atom stereocenters. The molecule has 0 fully saturated rings. The van der Waals surface area contributed by atoms with Gasteiger partial charge in [-0.25, -0.2) is 4.98 Å². The molecule has 5 heteroatoms. The zero-order valence-corrected chi connectivity index (χ0v) is 11.8. The summed E-state index contributed by atoms with van der Waals surface area (Å²) in [6.45, 7) is 2.98. The molecular formula is C13H16BrN3O. The fourth-order valence-electron chi connectivity index (χ4n) is 1.93. The van der Waals surface area contributed by atoms with Crippen LogP contribution in [-0.4, -0.2) is 19.6 Å². The molecule has 0 saturated carbocycles. The van der Waals surface area contributed by atoms with Gasteiger partial charge in [-0.1, -0.05) is 6.92 Å². The summed E-state index contributed by atoms with van der Waals surface area (Å²) in [5, 5.41) is 10.3. The third-order valence-electron chi connectivity index (χ3n) is 2.74. The Hall–Kier alpha value is -1.20. The summed E-state index contributed by atoms with van der Waals surface area (Å²) >= 11 is 3.38. The number of rotatable bonds is 5. The second kappa shape index (κ2) is 6.11. The van der Waals surface area contributed by atoms with Crippen LogP contribution in [0.1, 0.15) is 30.7 Å². The molecule has 1 N–H and O–H groups in total. The normalized spacial score (nSPS) is 12.6. The predicted molar refractivity (Wildman–Crippen MR) is 73.1 cm³/mol. The van der Waals surface area contributed by atoms with Crippen LogP contribution in [0.4, 0.5) is 0 Å². The van der Waals surface area contributed by atoms with Crippen LogP contribution in [0, 0.1) is 0 Å². The van der Waals surface area contributed by atoms with E-state index in [1.54, 1.807) is 24.9 Å². The molecule has 2 heterocycles. The molecule has 0 aromatic carbocycles. The first-order chi connectivity index (χ1) is 8.70. The lowest BCUT2D eigenvalue weighted by Crippen LogP contribution is -2.09. The van der Waals surface area contributed by atoms with E-state index in [4.69, 9.17) is 0 Å². The fourth-order valence-corrected chi connectivity index (χ4v) is 2.34. The van der Waals surface area contributed by atoms with Crippen molar-refractivity contribution < 1.29 is 5.11 Å². The van der Waals surface area contributed by atoms with Crippen molar-refractivity contribution in [1.29, 1.82) is 0 Å². The minimum Gasteiger partial charge on any atom is -0.386 e. The van der Waals surface area contributed by atoms with E-state index in [9.17, 15) is 5.11 Å². The van der Waals surface area contributed by atoms with E-state index in [2.05, 4.69) is 32.8 Å². The van der Waals surface area contributed by atoms with Gasteiger partial charge in [0.15, 0.2) is 0 Å². The Balaban J connectivity index is 2.11. The van der Waals surface area contributed by atoms with Crippen LogP contribution in [0.5, 0.6) is 0 Å². The highest BCUT2D eigenvalue weighted by molar-refractivity contribution is 9.10. The van der Waals surface area contributed by atoms with Gasteiger partial charge in [-0.05, 0) is 34.0 Å². The molecule has 18 heavy (non-hydrogen) atoms. The molecule has 0 saturated heterocycles. The number of pyridine rings is 1. The van der Waals surface area contributed by atoms with Crippen molar-refractivity contribution in [3.63, 3.8) is 0 Å². The first-order valence-corrected chi connectivity index (χ1v) is 6.77. The Bertz CT molecular complexity index is 512. The van der Waals surface area contributed by atoms with Gasteiger partial charge in [0.2, 0.25) is 0 Å². The van der Waals surface area contributed by atoms with Crippen LogP contribution < -0.4 is 0 Å². The molecule has 0 aliphatic carbocycles. The Morgan fingerprint density at radius 2 is 2.17 bits per heavy atom. The highest BCUT2D eigenvalue weighted by Crippen LogP contribution is 2.19. The number of imidazole rings is 1. The summed E-state index contributed by atoms with van der Waals surface area (Å²) in [7, 11) is 0. The lowest BCUT2D eigenvalue weighted by atomic mass is 10.1. The van der Waals surface area contributed by atoms with Crippen molar-refractivity contribution >= 4 is 15.9 Å². The summed E-state index contributed by atoms with van der Waals surface area (Å²) in [6, 6.07) is 1.97. The second-order valence-electron chi connectivity index (χ2n) is 4.24. The molecule has 0 amide bonds. The van der Waals surface area contributed by atoms with E-state index >= 15 is 0 Å². The van der Waals surface area contributed by atoms with Crippen LogP contribution in [0.3, 0.4) is 0 Å². The van der Waals surface area contributed by atoms with Gasteiger partial charge in [0.25, 0.3) is 0 Å². The van der Waals surface area contributed by atoms with Crippen LogP contribution in [0.2, 0.25) is 0 Å². The largest absolute Gasteiger partial charge is 0.386 e. The number of hydrogen-bond donors (Lipinski definition) is 1. The van der Waals surface area contributed by atoms with Crippen LogP contribution in [0.15, 0.2) is 35.5 Å². The van der Waals surface area contributed by atoms with Crippen molar-refractivity contribution in [2.24, 2.45) is 0 Å². The van der Waals surface area contributed by atoms with Crippen LogP contribution >= 0.6 is 15.9 Å². The molecule has 96 valence electrons. The van der Waals surface area contributed by atoms with E-state index in [0.29, 0.717) is 6.42 Å². The highest BCUT2D eigenvalue weighted by atomic mass is 79.9. The molecule has 2 aromatic rings. The molecule has 2 rings (SSSR count). The topological polar surface area (TPSA) is 50.9 Å². The molecule has 0 radical (unpaired) electrons. The summed E-state index contributed by atoms with van der Waals surface area (Å²) in [6.07, 6.45) is 8.02. The lowest BCUT2D eigenvalue weighted by Gasteiger charge is -2.13. The van der Waals surface area contributed by atoms with Crippen LogP contribution in [-0.2, 0) is 13.0 Å². The molecule has 2 aromatic heterocycles. The third-order valence-corrected chi connectivity index (χ3v) is 3.17. The van der Waals surface area contributed by atoms with Gasteiger partial charge >= 0.3 is 0 Å². The second-order valence-corrected chi connectivity index (χ2v) is 5.16. The average molecular weight is 310 g/mol. The average Bonchev–Trinajstić information content (AvgIpc) is 2.78. The van der Waals surface area contributed by atoms with E-state index in [1.165, 1.54) is 0 Å². The van der Waals surface area contributed by atoms with E-state index in [0.717, 1.165) is 28.7 Å². The summed E-state index contributed by atoms with van der Waals surface area (Å²) < 4.78 is 2.92. The Labute approximate surface area is 115 Å². The maximum Gasteiger partial charge on any atom is 0.0996 e. The lowest BCUT2D eigenvalue weighted by molar-refractivity contribution is 0.168. The van der Waals surface area contributed by atoms with E-state index in [1.807, 2.05) is 10.6 Å². The Morgan fingerprint density at radius 1 is 1.33 bits per heavy atom.